The highest BCUT2D eigenvalue weighted by Crippen LogP contribution is 2.29. The third kappa shape index (κ3) is 4.19. The van der Waals surface area contributed by atoms with Gasteiger partial charge in [0.15, 0.2) is 5.13 Å². The van der Waals surface area contributed by atoms with Gasteiger partial charge >= 0.3 is 0 Å². The number of carbonyl (C=O) groups is 1. The molecule has 9 heteroatoms. The van der Waals surface area contributed by atoms with E-state index in [1.165, 1.54) is 27.8 Å². The SMILES string of the molecule is CCN(CC)S(=O)(=O)c1cccc(C(=O)Nc2nc(-c3cc(C)n(C)c3C)cs2)c1. The van der Waals surface area contributed by atoms with E-state index < -0.39 is 15.9 Å². The first-order chi connectivity index (χ1) is 14.2. The maximum atomic E-state index is 12.7. The van der Waals surface area contributed by atoms with Crippen molar-refractivity contribution in [3.8, 4) is 11.3 Å². The van der Waals surface area contributed by atoms with E-state index >= 15 is 0 Å². The molecule has 7 nitrogen and oxygen atoms in total. The summed E-state index contributed by atoms with van der Waals surface area (Å²) in [7, 11) is -1.63. The molecule has 0 aliphatic carbocycles. The Morgan fingerprint density at radius 3 is 2.50 bits per heavy atom. The first-order valence-corrected chi connectivity index (χ1v) is 12.0. The molecule has 0 unspecified atom stereocenters. The van der Waals surface area contributed by atoms with E-state index in [-0.39, 0.29) is 10.5 Å². The molecule has 1 amide bonds. The minimum Gasteiger partial charge on any atom is -0.351 e. The van der Waals surface area contributed by atoms with Gasteiger partial charge in [0.25, 0.3) is 5.91 Å². The van der Waals surface area contributed by atoms with Gasteiger partial charge in [-0.05, 0) is 38.1 Å². The van der Waals surface area contributed by atoms with Crippen molar-refractivity contribution in [3.05, 3.63) is 52.7 Å². The molecule has 0 atom stereocenters. The summed E-state index contributed by atoms with van der Waals surface area (Å²) in [6.07, 6.45) is 0. The monoisotopic (exact) mass is 446 g/mol. The fourth-order valence-corrected chi connectivity index (χ4v) is 5.46. The normalized spacial score (nSPS) is 11.8. The highest BCUT2D eigenvalue weighted by molar-refractivity contribution is 7.89. The quantitative estimate of drug-likeness (QED) is 0.593. The molecule has 0 bridgehead atoms. The Morgan fingerprint density at radius 2 is 1.90 bits per heavy atom. The summed E-state index contributed by atoms with van der Waals surface area (Å²) in [6, 6.07) is 8.15. The number of hydrogen-bond acceptors (Lipinski definition) is 5. The predicted octanol–water partition coefficient (Wildman–Crippen LogP) is 4.05. The molecule has 2 aromatic heterocycles. The van der Waals surface area contributed by atoms with Gasteiger partial charge in [0.1, 0.15) is 0 Å². The molecule has 1 N–H and O–H groups in total. The van der Waals surface area contributed by atoms with Crippen molar-refractivity contribution in [3.63, 3.8) is 0 Å². The number of amides is 1. The molecule has 1 aromatic carbocycles. The van der Waals surface area contributed by atoms with Crippen LogP contribution in [-0.2, 0) is 17.1 Å². The van der Waals surface area contributed by atoms with Gasteiger partial charge in [0, 0.05) is 48.0 Å². The number of nitrogens with zero attached hydrogens (tertiary/aromatic N) is 3. The van der Waals surface area contributed by atoms with Crippen LogP contribution in [0, 0.1) is 13.8 Å². The van der Waals surface area contributed by atoms with Gasteiger partial charge in [-0.2, -0.15) is 4.31 Å². The molecule has 0 saturated heterocycles. The minimum absolute atomic E-state index is 0.106. The van der Waals surface area contributed by atoms with Crippen molar-refractivity contribution >= 4 is 32.4 Å². The van der Waals surface area contributed by atoms with E-state index in [0.29, 0.717) is 18.2 Å². The van der Waals surface area contributed by atoms with Crippen molar-refractivity contribution in [2.45, 2.75) is 32.6 Å². The minimum atomic E-state index is -3.63. The number of aromatic nitrogens is 2. The van der Waals surface area contributed by atoms with Crippen molar-refractivity contribution in [1.82, 2.24) is 13.9 Å². The number of nitrogens with one attached hydrogen (secondary N) is 1. The molecule has 2 heterocycles. The summed E-state index contributed by atoms with van der Waals surface area (Å²) in [5.41, 5.74) is 4.33. The molecule has 0 aliphatic rings. The number of rotatable bonds is 7. The lowest BCUT2D eigenvalue weighted by Crippen LogP contribution is -2.30. The molecule has 3 aromatic rings. The van der Waals surface area contributed by atoms with Crippen molar-refractivity contribution < 1.29 is 13.2 Å². The third-order valence-corrected chi connectivity index (χ3v) is 8.02. The molecular formula is C21H26N4O3S2. The lowest BCUT2D eigenvalue weighted by molar-refractivity contribution is 0.102. The van der Waals surface area contributed by atoms with E-state index in [9.17, 15) is 13.2 Å². The van der Waals surface area contributed by atoms with Crippen LogP contribution in [-0.4, -0.2) is 41.3 Å². The van der Waals surface area contributed by atoms with E-state index in [0.717, 1.165) is 22.6 Å². The van der Waals surface area contributed by atoms with E-state index in [4.69, 9.17) is 0 Å². The maximum absolute atomic E-state index is 12.7. The summed E-state index contributed by atoms with van der Waals surface area (Å²) in [5, 5.41) is 5.15. The Kier molecular flexibility index (Phi) is 6.44. The molecule has 3 rings (SSSR count). The number of aryl methyl sites for hydroxylation is 1. The van der Waals surface area contributed by atoms with Crippen LogP contribution in [0.4, 0.5) is 5.13 Å². The van der Waals surface area contributed by atoms with Crippen LogP contribution in [0.25, 0.3) is 11.3 Å². The zero-order valence-corrected chi connectivity index (χ0v) is 19.4. The largest absolute Gasteiger partial charge is 0.351 e. The highest BCUT2D eigenvalue weighted by Gasteiger charge is 2.23. The van der Waals surface area contributed by atoms with E-state index in [2.05, 4.69) is 20.9 Å². The van der Waals surface area contributed by atoms with Crippen LogP contribution in [0.1, 0.15) is 35.6 Å². The number of benzene rings is 1. The second-order valence-corrected chi connectivity index (χ2v) is 9.75. The number of hydrogen-bond donors (Lipinski definition) is 1. The summed E-state index contributed by atoms with van der Waals surface area (Å²) < 4.78 is 28.9. The smallest absolute Gasteiger partial charge is 0.257 e. The second-order valence-electron chi connectivity index (χ2n) is 6.95. The molecular weight excluding hydrogens is 420 g/mol. The lowest BCUT2D eigenvalue weighted by atomic mass is 10.2. The highest BCUT2D eigenvalue weighted by atomic mass is 32.2. The molecule has 0 radical (unpaired) electrons. The van der Waals surface area contributed by atoms with E-state index in [1.54, 1.807) is 26.0 Å². The van der Waals surface area contributed by atoms with Crippen molar-refractivity contribution in [1.29, 1.82) is 0 Å². The van der Waals surface area contributed by atoms with Crippen LogP contribution in [0.5, 0.6) is 0 Å². The van der Waals surface area contributed by atoms with Gasteiger partial charge < -0.3 is 4.57 Å². The Bertz CT molecular complexity index is 1170. The van der Waals surface area contributed by atoms with Gasteiger partial charge in [-0.1, -0.05) is 19.9 Å². The zero-order chi connectivity index (χ0) is 22.1. The fourth-order valence-electron chi connectivity index (χ4n) is 3.25. The summed E-state index contributed by atoms with van der Waals surface area (Å²) in [6.45, 7) is 8.37. The predicted molar refractivity (Wildman–Crippen MR) is 120 cm³/mol. The summed E-state index contributed by atoms with van der Waals surface area (Å²) >= 11 is 1.33. The van der Waals surface area contributed by atoms with Crippen LogP contribution >= 0.6 is 11.3 Å². The number of anilines is 1. The van der Waals surface area contributed by atoms with Gasteiger partial charge in [-0.15, -0.1) is 11.3 Å². The van der Waals surface area contributed by atoms with Gasteiger partial charge in [0.05, 0.1) is 10.6 Å². The number of thiazole rings is 1. The van der Waals surface area contributed by atoms with Crippen molar-refractivity contribution in [2.75, 3.05) is 18.4 Å². The Balaban J connectivity index is 1.82. The van der Waals surface area contributed by atoms with Gasteiger partial charge in [-0.3, -0.25) is 10.1 Å². The third-order valence-electron chi connectivity index (χ3n) is 5.22. The fraction of sp³-hybridized carbons (Fsp3) is 0.333. The van der Waals surface area contributed by atoms with E-state index in [1.807, 2.05) is 26.3 Å². The molecule has 0 spiro atoms. The van der Waals surface area contributed by atoms with Crippen LogP contribution < -0.4 is 5.32 Å². The van der Waals surface area contributed by atoms with Gasteiger partial charge in [-0.25, -0.2) is 13.4 Å². The molecule has 0 aliphatic heterocycles. The Labute approximate surface area is 181 Å². The lowest BCUT2D eigenvalue weighted by Gasteiger charge is -2.18. The average molecular weight is 447 g/mol. The summed E-state index contributed by atoms with van der Waals surface area (Å²) in [5.74, 6) is -0.395. The molecule has 0 fully saturated rings. The first kappa shape index (κ1) is 22.2. The Morgan fingerprint density at radius 1 is 1.20 bits per heavy atom. The van der Waals surface area contributed by atoms with Crippen LogP contribution in [0.2, 0.25) is 0 Å². The van der Waals surface area contributed by atoms with Crippen LogP contribution in [0.15, 0.2) is 40.6 Å². The molecule has 0 saturated carbocycles. The topological polar surface area (TPSA) is 84.3 Å². The molecule has 160 valence electrons. The average Bonchev–Trinajstić information content (AvgIpc) is 3.28. The Hall–Kier alpha value is -2.49. The first-order valence-electron chi connectivity index (χ1n) is 9.69. The second kappa shape index (κ2) is 8.71. The maximum Gasteiger partial charge on any atom is 0.257 e. The standard InChI is InChI=1S/C21H26N4O3S2/c1-6-25(7-2)30(27,28)17-10-8-9-16(12-17)20(26)23-21-22-19(13-29-21)18-11-14(3)24(5)15(18)4/h8-13H,6-7H2,1-5H3,(H,22,23,26). The number of carbonyl (C=O) groups excluding carboxylic acids is 1. The van der Waals surface area contributed by atoms with Crippen molar-refractivity contribution in [2.24, 2.45) is 7.05 Å². The zero-order valence-electron chi connectivity index (χ0n) is 17.8. The van der Waals surface area contributed by atoms with Crippen LogP contribution in [0.3, 0.4) is 0 Å². The molecule has 30 heavy (non-hydrogen) atoms. The number of sulfonamides is 1. The van der Waals surface area contributed by atoms with Gasteiger partial charge in [0.2, 0.25) is 10.0 Å². The summed E-state index contributed by atoms with van der Waals surface area (Å²) in [4.78, 5) is 17.4.